The van der Waals surface area contributed by atoms with E-state index in [4.69, 9.17) is 10.00 Å². The third-order valence-corrected chi connectivity index (χ3v) is 3.50. The van der Waals surface area contributed by atoms with Gasteiger partial charge >= 0.3 is 0 Å². The molecular weight excluding hydrogens is 276 g/mol. The molecule has 1 atom stereocenters. The van der Waals surface area contributed by atoms with Crippen molar-refractivity contribution in [2.45, 2.75) is 19.6 Å². The minimum atomic E-state index is -0.457. The average molecular weight is 294 g/mol. The summed E-state index contributed by atoms with van der Waals surface area (Å²) >= 11 is 0. The van der Waals surface area contributed by atoms with Gasteiger partial charge in [-0.05, 0) is 29.7 Å². The molecule has 0 unspecified atom stereocenters. The average Bonchev–Trinajstić information content (AvgIpc) is 2.59. The van der Waals surface area contributed by atoms with Crippen LogP contribution in [0.2, 0.25) is 0 Å². The van der Waals surface area contributed by atoms with Crippen LogP contribution in [-0.4, -0.2) is 19.1 Å². The first-order valence-electron chi connectivity index (χ1n) is 7.04. The first-order valence-corrected chi connectivity index (χ1v) is 7.04. The van der Waals surface area contributed by atoms with Gasteiger partial charge in [-0.3, -0.25) is 4.79 Å². The molecule has 0 fully saturated rings. The van der Waals surface area contributed by atoms with Crippen molar-refractivity contribution in [3.63, 3.8) is 0 Å². The van der Waals surface area contributed by atoms with Crippen LogP contribution >= 0.6 is 0 Å². The molecule has 0 aliphatic rings. The van der Waals surface area contributed by atoms with Crippen LogP contribution in [0.3, 0.4) is 0 Å². The van der Waals surface area contributed by atoms with Gasteiger partial charge in [0.1, 0.15) is 6.10 Å². The molecule has 0 aliphatic carbocycles. The van der Waals surface area contributed by atoms with E-state index in [9.17, 15) is 4.79 Å². The zero-order valence-electron chi connectivity index (χ0n) is 12.7. The van der Waals surface area contributed by atoms with E-state index in [0.717, 1.165) is 16.7 Å². The molecule has 2 rings (SSSR count). The first kappa shape index (κ1) is 15.7. The molecule has 22 heavy (non-hydrogen) atoms. The molecule has 0 aromatic heterocycles. The molecule has 1 N–H and O–H groups in total. The van der Waals surface area contributed by atoms with E-state index in [1.54, 1.807) is 13.0 Å². The van der Waals surface area contributed by atoms with Gasteiger partial charge in [-0.25, -0.2) is 0 Å². The van der Waals surface area contributed by atoms with Crippen molar-refractivity contribution in [1.82, 2.24) is 5.32 Å². The zero-order valence-corrected chi connectivity index (χ0v) is 12.7. The summed E-state index contributed by atoms with van der Waals surface area (Å²) in [5.74, 6) is -0.138. The Labute approximate surface area is 130 Å². The van der Waals surface area contributed by atoms with Crippen LogP contribution in [0.15, 0.2) is 48.5 Å². The van der Waals surface area contributed by atoms with Crippen LogP contribution < -0.4 is 5.32 Å². The first-order chi connectivity index (χ1) is 10.7. The maximum Gasteiger partial charge on any atom is 0.249 e. The van der Waals surface area contributed by atoms with Gasteiger partial charge in [0, 0.05) is 13.7 Å². The van der Waals surface area contributed by atoms with E-state index < -0.39 is 6.10 Å². The molecule has 4 heteroatoms. The highest BCUT2D eigenvalue weighted by Gasteiger charge is 2.10. The number of hydrogen-bond acceptors (Lipinski definition) is 3. The molecule has 0 saturated carbocycles. The van der Waals surface area contributed by atoms with Gasteiger partial charge in [0.25, 0.3) is 0 Å². The van der Waals surface area contributed by atoms with Crippen molar-refractivity contribution >= 4 is 5.91 Å². The Bertz CT molecular complexity index is 687. The van der Waals surface area contributed by atoms with Crippen molar-refractivity contribution in [3.05, 3.63) is 59.7 Å². The SMILES string of the molecule is CO[C@H](C)C(=O)NCc1ccc(-c2ccccc2C#N)cc1. The summed E-state index contributed by atoms with van der Waals surface area (Å²) in [6.45, 7) is 2.16. The maximum absolute atomic E-state index is 11.6. The van der Waals surface area contributed by atoms with Crippen molar-refractivity contribution in [2.24, 2.45) is 0 Å². The normalized spacial score (nSPS) is 11.5. The Morgan fingerprint density at radius 1 is 1.23 bits per heavy atom. The number of amides is 1. The topological polar surface area (TPSA) is 62.1 Å². The molecular formula is C18H18N2O2. The van der Waals surface area contributed by atoms with Crippen LogP contribution in [-0.2, 0) is 16.1 Å². The van der Waals surface area contributed by atoms with Crippen molar-refractivity contribution in [2.75, 3.05) is 7.11 Å². The Kier molecular flexibility index (Phi) is 5.29. The maximum atomic E-state index is 11.6. The molecule has 0 saturated heterocycles. The van der Waals surface area contributed by atoms with E-state index in [1.807, 2.05) is 42.5 Å². The lowest BCUT2D eigenvalue weighted by atomic mass is 9.99. The second-order valence-electron chi connectivity index (χ2n) is 4.95. The molecule has 1 amide bonds. The zero-order chi connectivity index (χ0) is 15.9. The Morgan fingerprint density at radius 3 is 2.55 bits per heavy atom. The van der Waals surface area contributed by atoms with Crippen LogP contribution in [0, 0.1) is 11.3 Å². The fraction of sp³-hybridized carbons (Fsp3) is 0.222. The highest BCUT2D eigenvalue weighted by Crippen LogP contribution is 2.23. The third kappa shape index (κ3) is 3.72. The summed E-state index contributed by atoms with van der Waals surface area (Å²) in [5, 5.41) is 12.0. The number of carbonyl (C=O) groups excluding carboxylic acids is 1. The van der Waals surface area contributed by atoms with E-state index in [2.05, 4.69) is 11.4 Å². The summed E-state index contributed by atoms with van der Waals surface area (Å²) in [7, 11) is 1.51. The number of rotatable bonds is 5. The molecule has 0 radical (unpaired) electrons. The van der Waals surface area contributed by atoms with Crippen LogP contribution in [0.1, 0.15) is 18.1 Å². The molecule has 0 spiro atoms. The second kappa shape index (κ2) is 7.39. The second-order valence-corrected chi connectivity index (χ2v) is 4.95. The van der Waals surface area contributed by atoms with Crippen molar-refractivity contribution in [3.8, 4) is 17.2 Å². The van der Waals surface area contributed by atoms with Gasteiger partial charge in [-0.15, -0.1) is 0 Å². The van der Waals surface area contributed by atoms with E-state index in [1.165, 1.54) is 7.11 Å². The predicted molar refractivity (Wildman–Crippen MR) is 84.9 cm³/mol. The van der Waals surface area contributed by atoms with Crippen LogP contribution in [0.4, 0.5) is 0 Å². The smallest absolute Gasteiger partial charge is 0.249 e. The van der Waals surface area contributed by atoms with Gasteiger partial charge < -0.3 is 10.1 Å². The summed E-state index contributed by atoms with van der Waals surface area (Å²) in [6.07, 6.45) is -0.457. The van der Waals surface area contributed by atoms with E-state index in [-0.39, 0.29) is 5.91 Å². The quantitative estimate of drug-likeness (QED) is 0.922. The fourth-order valence-corrected chi connectivity index (χ4v) is 2.07. The summed E-state index contributed by atoms with van der Waals surface area (Å²) in [5.41, 5.74) is 3.54. The minimum Gasteiger partial charge on any atom is -0.372 e. The molecule has 0 heterocycles. The van der Waals surface area contributed by atoms with Gasteiger partial charge in [-0.2, -0.15) is 5.26 Å². The van der Waals surface area contributed by atoms with Gasteiger partial charge in [0.15, 0.2) is 0 Å². The lowest BCUT2D eigenvalue weighted by Crippen LogP contribution is -2.33. The number of nitriles is 1. The summed E-state index contributed by atoms with van der Waals surface area (Å²) in [4.78, 5) is 11.6. The Morgan fingerprint density at radius 2 is 1.91 bits per heavy atom. The molecule has 112 valence electrons. The number of benzene rings is 2. The van der Waals surface area contributed by atoms with Crippen molar-refractivity contribution < 1.29 is 9.53 Å². The number of hydrogen-bond donors (Lipinski definition) is 1. The number of ether oxygens (including phenoxy) is 1. The lowest BCUT2D eigenvalue weighted by molar-refractivity contribution is -0.130. The third-order valence-electron chi connectivity index (χ3n) is 3.50. The summed E-state index contributed by atoms with van der Waals surface area (Å²) in [6, 6.07) is 17.5. The number of nitrogens with one attached hydrogen (secondary N) is 1. The molecule has 2 aromatic carbocycles. The molecule has 0 bridgehead atoms. The standard InChI is InChI=1S/C18H18N2O2/c1-13(22-2)18(21)20-12-14-7-9-15(10-8-14)17-6-4-3-5-16(17)11-19/h3-10,13H,12H2,1-2H3,(H,20,21)/t13-/m1/s1. The van der Waals surface area contributed by atoms with Gasteiger partial charge in [0.2, 0.25) is 5.91 Å². The Balaban J connectivity index is 2.08. The lowest BCUT2D eigenvalue weighted by Gasteiger charge is -2.11. The predicted octanol–water partition coefficient (Wildman–Crippen LogP) is 2.88. The fourth-order valence-electron chi connectivity index (χ4n) is 2.07. The highest BCUT2D eigenvalue weighted by molar-refractivity contribution is 5.80. The van der Waals surface area contributed by atoms with Crippen LogP contribution in [0.25, 0.3) is 11.1 Å². The minimum absolute atomic E-state index is 0.138. The van der Waals surface area contributed by atoms with Gasteiger partial charge in [-0.1, -0.05) is 42.5 Å². The summed E-state index contributed by atoms with van der Waals surface area (Å²) < 4.78 is 4.96. The molecule has 2 aromatic rings. The molecule has 0 aliphatic heterocycles. The number of carbonyl (C=O) groups is 1. The van der Waals surface area contributed by atoms with Crippen LogP contribution in [0.5, 0.6) is 0 Å². The van der Waals surface area contributed by atoms with E-state index in [0.29, 0.717) is 12.1 Å². The van der Waals surface area contributed by atoms with E-state index >= 15 is 0 Å². The molecule has 4 nitrogen and oxygen atoms in total. The monoisotopic (exact) mass is 294 g/mol. The van der Waals surface area contributed by atoms with Crippen molar-refractivity contribution in [1.29, 1.82) is 5.26 Å². The number of nitrogens with zero attached hydrogens (tertiary/aromatic N) is 1. The largest absolute Gasteiger partial charge is 0.372 e. The Hall–Kier alpha value is -2.64. The van der Waals surface area contributed by atoms with Gasteiger partial charge in [0.05, 0.1) is 11.6 Å². The number of methoxy groups -OCH3 is 1. The highest BCUT2D eigenvalue weighted by atomic mass is 16.5.